The molecule has 0 aromatic rings. The molecule has 1 heterocycles. The van der Waals surface area contributed by atoms with E-state index in [1.165, 1.54) is 12.5 Å². The topological polar surface area (TPSA) is 55.1 Å². The third kappa shape index (κ3) is 2.19. The van der Waals surface area contributed by atoms with Crippen molar-refractivity contribution >= 4 is 5.91 Å². The molecule has 1 saturated heterocycles. The Morgan fingerprint density at radius 2 is 2.50 bits per heavy atom. The number of nitrogens with one attached hydrogen (secondary N) is 1. The van der Waals surface area contributed by atoms with Gasteiger partial charge in [-0.05, 0) is 19.4 Å². The molecular formula is C7H12N2O. The summed E-state index contributed by atoms with van der Waals surface area (Å²) in [5.41, 5.74) is 4.92. The van der Waals surface area contributed by atoms with Crippen LogP contribution in [0, 0.1) is 0 Å². The van der Waals surface area contributed by atoms with E-state index in [-0.39, 0.29) is 5.91 Å². The van der Waals surface area contributed by atoms with E-state index >= 15 is 0 Å². The van der Waals surface area contributed by atoms with E-state index in [1.54, 1.807) is 0 Å². The number of rotatable bonds is 2. The number of amides is 1. The highest BCUT2D eigenvalue weighted by Crippen LogP contribution is 2.04. The van der Waals surface area contributed by atoms with E-state index in [9.17, 15) is 4.79 Å². The minimum atomic E-state index is -0.367. The predicted molar refractivity (Wildman–Crippen MR) is 39.4 cm³/mol. The Bertz CT molecular complexity index is 148. The third-order valence-electron chi connectivity index (χ3n) is 1.59. The molecule has 56 valence electrons. The summed E-state index contributed by atoms with van der Waals surface area (Å²) in [6.45, 7) is 1.05. The van der Waals surface area contributed by atoms with Crippen molar-refractivity contribution in [3.8, 4) is 0 Å². The Kier molecular flexibility index (Phi) is 2.45. The zero-order chi connectivity index (χ0) is 7.40. The molecule has 1 aliphatic heterocycles. The SMILES string of the molecule is NC(=O)/C=C/[C@@H]1CCCN1. The molecule has 0 saturated carbocycles. The summed E-state index contributed by atoms with van der Waals surface area (Å²) in [5, 5.41) is 3.22. The first-order valence-electron chi connectivity index (χ1n) is 3.50. The minimum Gasteiger partial charge on any atom is -0.366 e. The highest BCUT2D eigenvalue weighted by Gasteiger charge is 2.09. The molecule has 0 radical (unpaired) electrons. The maximum atomic E-state index is 10.3. The molecule has 10 heavy (non-hydrogen) atoms. The molecule has 1 aliphatic rings. The highest BCUT2D eigenvalue weighted by atomic mass is 16.1. The molecule has 0 aromatic heterocycles. The molecule has 0 spiro atoms. The van der Waals surface area contributed by atoms with E-state index in [4.69, 9.17) is 5.73 Å². The maximum absolute atomic E-state index is 10.3. The summed E-state index contributed by atoms with van der Waals surface area (Å²) in [7, 11) is 0. The monoisotopic (exact) mass is 140 g/mol. The van der Waals surface area contributed by atoms with Gasteiger partial charge in [-0.25, -0.2) is 0 Å². The Labute approximate surface area is 60.3 Å². The van der Waals surface area contributed by atoms with Crippen LogP contribution in [-0.2, 0) is 4.79 Å². The fourth-order valence-electron chi connectivity index (χ4n) is 1.09. The number of nitrogens with two attached hydrogens (primary N) is 1. The quantitative estimate of drug-likeness (QED) is 0.521. The Morgan fingerprint density at radius 1 is 1.70 bits per heavy atom. The number of carbonyl (C=O) groups is 1. The molecule has 3 N–H and O–H groups in total. The first-order chi connectivity index (χ1) is 4.79. The summed E-state index contributed by atoms with van der Waals surface area (Å²) in [5.74, 6) is -0.367. The Morgan fingerprint density at radius 3 is 3.00 bits per heavy atom. The van der Waals surface area contributed by atoms with Gasteiger partial charge >= 0.3 is 0 Å². The van der Waals surface area contributed by atoms with Crippen LogP contribution in [0.25, 0.3) is 0 Å². The van der Waals surface area contributed by atoms with E-state index in [2.05, 4.69) is 5.32 Å². The van der Waals surface area contributed by atoms with E-state index < -0.39 is 0 Å². The van der Waals surface area contributed by atoms with E-state index in [0.717, 1.165) is 13.0 Å². The lowest BCUT2D eigenvalue weighted by Crippen LogP contribution is -2.19. The summed E-state index contributed by atoms with van der Waals surface area (Å²) in [6.07, 6.45) is 5.55. The standard InChI is InChI=1S/C7H12N2O/c8-7(10)4-3-6-2-1-5-9-6/h3-4,6,9H,1-2,5H2,(H2,8,10)/b4-3+/t6-/m0/s1. The molecule has 1 rings (SSSR count). The molecule has 0 bridgehead atoms. The average Bonchev–Trinajstić information content (AvgIpc) is 2.34. The second-order valence-corrected chi connectivity index (χ2v) is 2.46. The first-order valence-corrected chi connectivity index (χ1v) is 3.50. The summed E-state index contributed by atoms with van der Waals surface area (Å²) in [6, 6.07) is 0.368. The molecular weight excluding hydrogens is 128 g/mol. The second-order valence-electron chi connectivity index (χ2n) is 2.46. The van der Waals surface area contributed by atoms with Gasteiger partial charge in [0.1, 0.15) is 0 Å². The van der Waals surface area contributed by atoms with Gasteiger partial charge in [0.25, 0.3) is 0 Å². The number of primary amides is 1. The van der Waals surface area contributed by atoms with Crippen molar-refractivity contribution in [2.75, 3.05) is 6.54 Å². The van der Waals surface area contributed by atoms with Gasteiger partial charge in [0.2, 0.25) is 5.91 Å². The van der Waals surface area contributed by atoms with Crippen molar-refractivity contribution in [3.05, 3.63) is 12.2 Å². The van der Waals surface area contributed by atoms with Crippen molar-refractivity contribution in [2.24, 2.45) is 5.73 Å². The van der Waals surface area contributed by atoms with Crippen LogP contribution >= 0.6 is 0 Å². The zero-order valence-electron chi connectivity index (χ0n) is 5.84. The van der Waals surface area contributed by atoms with Crippen molar-refractivity contribution in [2.45, 2.75) is 18.9 Å². The molecule has 0 unspecified atom stereocenters. The van der Waals surface area contributed by atoms with Crippen molar-refractivity contribution in [1.29, 1.82) is 0 Å². The van der Waals surface area contributed by atoms with Crippen LogP contribution in [0.15, 0.2) is 12.2 Å². The lowest BCUT2D eigenvalue weighted by atomic mass is 10.2. The van der Waals surface area contributed by atoms with Crippen LogP contribution in [0.3, 0.4) is 0 Å². The predicted octanol–water partition coefficient (Wildman–Crippen LogP) is -0.220. The number of hydrogen-bond acceptors (Lipinski definition) is 2. The van der Waals surface area contributed by atoms with Gasteiger partial charge in [0.05, 0.1) is 0 Å². The average molecular weight is 140 g/mol. The third-order valence-corrected chi connectivity index (χ3v) is 1.59. The highest BCUT2D eigenvalue weighted by molar-refractivity contribution is 5.85. The van der Waals surface area contributed by atoms with Gasteiger partial charge in [0.15, 0.2) is 0 Å². The number of hydrogen-bond donors (Lipinski definition) is 2. The Hall–Kier alpha value is -0.830. The Balaban J connectivity index is 2.29. The van der Waals surface area contributed by atoms with Crippen LogP contribution in [0.2, 0.25) is 0 Å². The lowest BCUT2D eigenvalue weighted by Gasteiger charge is -1.99. The van der Waals surface area contributed by atoms with E-state index in [0.29, 0.717) is 6.04 Å². The molecule has 0 aliphatic carbocycles. The van der Waals surface area contributed by atoms with Gasteiger partial charge in [-0.2, -0.15) is 0 Å². The van der Waals surface area contributed by atoms with Crippen LogP contribution in [-0.4, -0.2) is 18.5 Å². The van der Waals surface area contributed by atoms with E-state index in [1.807, 2.05) is 6.08 Å². The summed E-state index contributed by atoms with van der Waals surface area (Å²) >= 11 is 0. The largest absolute Gasteiger partial charge is 0.366 e. The molecule has 0 aromatic carbocycles. The van der Waals surface area contributed by atoms with Gasteiger partial charge in [-0.3, -0.25) is 4.79 Å². The lowest BCUT2D eigenvalue weighted by molar-refractivity contribution is -0.113. The smallest absolute Gasteiger partial charge is 0.241 e. The first kappa shape index (κ1) is 7.28. The fraction of sp³-hybridized carbons (Fsp3) is 0.571. The fourth-order valence-corrected chi connectivity index (χ4v) is 1.09. The molecule has 1 atom stereocenters. The minimum absolute atomic E-state index is 0.367. The van der Waals surface area contributed by atoms with Crippen LogP contribution in [0.5, 0.6) is 0 Å². The maximum Gasteiger partial charge on any atom is 0.241 e. The second kappa shape index (κ2) is 3.37. The number of carbonyl (C=O) groups excluding carboxylic acids is 1. The van der Waals surface area contributed by atoms with Crippen LogP contribution in [0.1, 0.15) is 12.8 Å². The summed E-state index contributed by atoms with van der Waals surface area (Å²) in [4.78, 5) is 10.3. The van der Waals surface area contributed by atoms with Gasteiger partial charge in [0, 0.05) is 12.1 Å². The molecule has 1 amide bonds. The van der Waals surface area contributed by atoms with Gasteiger partial charge in [-0.1, -0.05) is 6.08 Å². The van der Waals surface area contributed by atoms with Gasteiger partial charge < -0.3 is 11.1 Å². The van der Waals surface area contributed by atoms with Gasteiger partial charge in [-0.15, -0.1) is 0 Å². The molecule has 3 nitrogen and oxygen atoms in total. The molecule has 3 heteroatoms. The van der Waals surface area contributed by atoms with Crippen molar-refractivity contribution < 1.29 is 4.79 Å². The zero-order valence-corrected chi connectivity index (χ0v) is 5.84. The molecule has 1 fully saturated rings. The summed E-state index contributed by atoms with van der Waals surface area (Å²) < 4.78 is 0. The van der Waals surface area contributed by atoms with Crippen LogP contribution < -0.4 is 11.1 Å². The normalized spacial score (nSPS) is 25.8. The van der Waals surface area contributed by atoms with Crippen LogP contribution in [0.4, 0.5) is 0 Å². The van der Waals surface area contributed by atoms with Crippen molar-refractivity contribution in [3.63, 3.8) is 0 Å². The van der Waals surface area contributed by atoms with Crippen molar-refractivity contribution in [1.82, 2.24) is 5.32 Å².